The van der Waals surface area contributed by atoms with Crippen molar-refractivity contribution < 1.29 is 24.2 Å². The van der Waals surface area contributed by atoms with Crippen molar-refractivity contribution in [3.8, 4) is 0 Å². The van der Waals surface area contributed by atoms with E-state index >= 15 is 0 Å². The summed E-state index contributed by atoms with van der Waals surface area (Å²) < 4.78 is 10.1. The van der Waals surface area contributed by atoms with Crippen LogP contribution in [0.1, 0.15) is 34.1 Å². The van der Waals surface area contributed by atoms with Crippen LogP contribution in [0.3, 0.4) is 0 Å². The van der Waals surface area contributed by atoms with E-state index in [1.807, 2.05) is 6.92 Å². The van der Waals surface area contributed by atoms with Gasteiger partial charge in [-0.3, -0.25) is 0 Å². The molecule has 2 N–H and O–H groups in total. The first-order chi connectivity index (χ1) is 7.74. The molecule has 0 aromatic heterocycles. The fourth-order valence-corrected chi connectivity index (χ4v) is 1.02. The third kappa shape index (κ3) is 9.62. The van der Waals surface area contributed by atoms with E-state index in [1.54, 1.807) is 20.8 Å². The molecule has 0 heterocycles. The highest BCUT2D eigenvalue weighted by Crippen LogP contribution is 2.06. The highest BCUT2D eigenvalue weighted by molar-refractivity contribution is 5.68. The lowest BCUT2D eigenvalue weighted by molar-refractivity contribution is -0.144. The summed E-state index contributed by atoms with van der Waals surface area (Å²) in [7, 11) is 0. The maximum absolute atomic E-state index is 11.3. The van der Waals surface area contributed by atoms with E-state index in [9.17, 15) is 9.59 Å². The molecule has 0 rings (SSSR count). The number of alkyl carbamates (subject to hydrolysis) is 1. The SMILES string of the molecule is CCC(CNC(=O)OC(C)(C)C)OCC(=O)O. The maximum Gasteiger partial charge on any atom is 0.407 e. The Balaban J connectivity index is 3.90. The van der Waals surface area contributed by atoms with E-state index in [0.717, 1.165) is 0 Å². The highest BCUT2D eigenvalue weighted by atomic mass is 16.6. The van der Waals surface area contributed by atoms with Crippen molar-refractivity contribution >= 4 is 12.1 Å². The van der Waals surface area contributed by atoms with Gasteiger partial charge in [0.2, 0.25) is 0 Å². The molecule has 0 aliphatic heterocycles. The molecule has 0 saturated heterocycles. The first-order valence-electron chi connectivity index (χ1n) is 5.55. The van der Waals surface area contributed by atoms with E-state index in [0.29, 0.717) is 6.42 Å². The highest BCUT2D eigenvalue weighted by Gasteiger charge is 2.17. The van der Waals surface area contributed by atoms with Crippen LogP contribution in [-0.4, -0.2) is 42.0 Å². The standard InChI is InChI=1S/C11H21NO5/c1-5-8(16-7-9(13)14)6-12-10(15)17-11(2,3)4/h8H,5-7H2,1-4H3,(H,12,15)(H,13,14). The second-order valence-corrected chi connectivity index (χ2v) is 4.62. The van der Waals surface area contributed by atoms with Crippen LogP contribution in [0.5, 0.6) is 0 Å². The van der Waals surface area contributed by atoms with Crippen molar-refractivity contribution in [3.63, 3.8) is 0 Å². The number of carboxylic acid groups (broad SMARTS) is 1. The van der Waals surface area contributed by atoms with E-state index in [1.165, 1.54) is 0 Å². The first kappa shape index (κ1) is 15.7. The van der Waals surface area contributed by atoms with Crippen molar-refractivity contribution in [2.45, 2.75) is 45.8 Å². The number of nitrogens with one attached hydrogen (secondary N) is 1. The van der Waals surface area contributed by atoms with E-state index < -0.39 is 17.7 Å². The van der Waals surface area contributed by atoms with Gasteiger partial charge in [0.05, 0.1) is 6.10 Å². The molecule has 0 fully saturated rings. The molecule has 6 heteroatoms. The van der Waals surface area contributed by atoms with Gasteiger partial charge in [0.1, 0.15) is 12.2 Å². The molecule has 6 nitrogen and oxygen atoms in total. The number of carbonyl (C=O) groups excluding carboxylic acids is 1. The molecule has 1 atom stereocenters. The summed E-state index contributed by atoms with van der Waals surface area (Å²) in [5.74, 6) is -1.03. The van der Waals surface area contributed by atoms with Gasteiger partial charge in [0.25, 0.3) is 0 Å². The van der Waals surface area contributed by atoms with Gasteiger partial charge in [-0.1, -0.05) is 6.92 Å². The Kier molecular flexibility index (Phi) is 6.57. The summed E-state index contributed by atoms with van der Waals surface area (Å²) in [6.45, 7) is 7.02. The van der Waals surface area contributed by atoms with Crippen LogP contribution in [0.15, 0.2) is 0 Å². The zero-order valence-corrected chi connectivity index (χ0v) is 10.8. The minimum Gasteiger partial charge on any atom is -0.480 e. The molecule has 0 spiro atoms. The number of hydrogen-bond donors (Lipinski definition) is 2. The van der Waals surface area contributed by atoms with E-state index in [2.05, 4.69) is 5.32 Å². The smallest absolute Gasteiger partial charge is 0.407 e. The molecule has 0 saturated carbocycles. The number of ether oxygens (including phenoxy) is 2. The fraction of sp³-hybridized carbons (Fsp3) is 0.818. The van der Waals surface area contributed by atoms with Crippen molar-refractivity contribution in [3.05, 3.63) is 0 Å². The third-order valence-electron chi connectivity index (χ3n) is 1.77. The quantitative estimate of drug-likeness (QED) is 0.741. The predicted octanol–water partition coefficient (Wildman–Crippen LogP) is 1.39. The average Bonchev–Trinajstić information content (AvgIpc) is 2.14. The average molecular weight is 247 g/mol. The number of rotatable bonds is 6. The minimum absolute atomic E-state index is 0.235. The van der Waals surface area contributed by atoms with Crippen LogP contribution in [0.25, 0.3) is 0 Å². The molecule has 0 radical (unpaired) electrons. The molecule has 1 unspecified atom stereocenters. The van der Waals surface area contributed by atoms with Crippen LogP contribution in [-0.2, 0) is 14.3 Å². The number of carbonyl (C=O) groups is 2. The second-order valence-electron chi connectivity index (χ2n) is 4.62. The second kappa shape index (κ2) is 7.11. The summed E-state index contributed by atoms with van der Waals surface area (Å²) in [4.78, 5) is 21.6. The molecule has 17 heavy (non-hydrogen) atoms. The number of aliphatic carboxylic acids is 1. The van der Waals surface area contributed by atoms with Crippen molar-refractivity contribution in [2.75, 3.05) is 13.2 Å². The Labute approximate surface area is 101 Å². The first-order valence-corrected chi connectivity index (χ1v) is 5.55. The zero-order valence-electron chi connectivity index (χ0n) is 10.8. The largest absolute Gasteiger partial charge is 0.480 e. The zero-order chi connectivity index (χ0) is 13.5. The molecule has 0 bridgehead atoms. The van der Waals surface area contributed by atoms with Crippen LogP contribution < -0.4 is 5.32 Å². The summed E-state index contributed by atoms with van der Waals surface area (Å²) in [5.41, 5.74) is -0.548. The van der Waals surface area contributed by atoms with Crippen molar-refractivity contribution in [2.24, 2.45) is 0 Å². The maximum atomic E-state index is 11.3. The Morgan fingerprint density at radius 3 is 2.35 bits per heavy atom. The van der Waals surface area contributed by atoms with Gasteiger partial charge in [-0.15, -0.1) is 0 Å². The molecule has 1 amide bonds. The monoisotopic (exact) mass is 247 g/mol. The van der Waals surface area contributed by atoms with Crippen LogP contribution >= 0.6 is 0 Å². The van der Waals surface area contributed by atoms with Gasteiger partial charge in [0, 0.05) is 6.54 Å². The molecule has 0 aliphatic carbocycles. The van der Waals surface area contributed by atoms with Gasteiger partial charge in [0.15, 0.2) is 0 Å². The molecule has 0 aliphatic rings. The molecular formula is C11H21NO5. The Hall–Kier alpha value is -1.30. The normalized spacial score (nSPS) is 12.9. The minimum atomic E-state index is -1.03. The van der Waals surface area contributed by atoms with Gasteiger partial charge in [-0.25, -0.2) is 9.59 Å². The lowest BCUT2D eigenvalue weighted by atomic mass is 10.2. The number of hydrogen-bond acceptors (Lipinski definition) is 4. The van der Waals surface area contributed by atoms with Crippen molar-refractivity contribution in [1.82, 2.24) is 5.32 Å². The summed E-state index contributed by atoms with van der Waals surface area (Å²) in [6, 6.07) is 0. The van der Waals surface area contributed by atoms with E-state index in [4.69, 9.17) is 14.6 Å². The molecule has 100 valence electrons. The molecule has 0 aromatic carbocycles. The Morgan fingerprint density at radius 2 is 1.94 bits per heavy atom. The Morgan fingerprint density at radius 1 is 1.35 bits per heavy atom. The lowest BCUT2D eigenvalue weighted by Gasteiger charge is -2.21. The molecular weight excluding hydrogens is 226 g/mol. The van der Waals surface area contributed by atoms with Gasteiger partial charge >= 0.3 is 12.1 Å². The van der Waals surface area contributed by atoms with Crippen LogP contribution in [0.2, 0.25) is 0 Å². The summed E-state index contributed by atoms with van der Waals surface area (Å²) in [5, 5.41) is 11.0. The summed E-state index contributed by atoms with van der Waals surface area (Å²) in [6.07, 6.45) is -0.239. The Bertz CT molecular complexity index is 259. The lowest BCUT2D eigenvalue weighted by Crippen LogP contribution is -2.38. The van der Waals surface area contributed by atoms with Gasteiger partial charge < -0.3 is 19.9 Å². The predicted molar refractivity (Wildman–Crippen MR) is 61.9 cm³/mol. The van der Waals surface area contributed by atoms with Crippen LogP contribution in [0, 0.1) is 0 Å². The van der Waals surface area contributed by atoms with E-state index in [-0.39, 0.29) is 19.3 Å². The third-order valence-corrected chi connectivity index (χ3v) is 1.77. The topological polar surface area (TPSA) is 84.9 Å². The number of amides is 1. The molecule has 0 aromatic rings. The van der Waals surface area contributed by atoms with Crippen LogP contribution in [0.4, 0.5) is 4.79 Å². The summed E-state index contributed by atoms with van der Waals surface area (Å²) >= 11 is 0. The van der Waals surface area contributed by atoms with Gasteiger partial charge in [-0.2, -0.15) is 0 Å². The number of carboxylic acids is 1. The van der Waals surface area contributed by atoms with Crippen molar-refractivity contribution in [1.29, 1.82) is 0 Å². The fourth-order valence-electron chi connectivity index (χ4n) is 1.02. The van der Waals surface area contributed by atoms with Gasteiger partial charge in [-0.05, 0) is 27.2 Å².